The average molecular weight is 510 g/mol. The van der Waals surface area contributed by atoms with Gasteiger partial charge in [-0.3, -0.25) is 19.8 Å². The summed E-state index contributed by atoms with van der Waals surface area (Å²) in [7, 11) is 0. The maximum Gasteiger partial charge on any atom is 0.269 e. The van der Waals surface area contributed by atoms with E-state index < -0.39 is 10.7 Å². The van der Waals surface area contributed by atoms with Crippen molar-refractivity contribution in [2.24, 2.45) is 0 Å². The lowest BCUT2D eigenvalue weighted by atomic mass is 10.1. The van der Waals surface area contributed by atoms with Gasteiger partial charge < -0.3 is 9.64 Å². The summed E-state index contributed by atoms with van der Waals surface area (Å²) in [4.78, 5) is 30.2. The Morgan fingerprint density at radius 2 is 1.86 bits per heavy atom. The molecule has 1 aliphatic heterocycles. The van der Waals surface area contributed by atoms with Crippen LogP contribution in [0.1, 0.15) is 21.5 Å². The van der Waals surface area contributed by atoms with Crippen LogP contribution in [-0.2, 0) is 11.3 Å². The van der Waals surface area contributed by atoms with Crippen molar-refractivity contribution in [2.45, 2.75) is 23.3 Å². The number of amides is 1. The molecule has 3 aromatic carbocycles. The van der Waals surface area contributed by atoms with Gasteiger partial charge in [-0.15, -0.1) is 0 Å². The smallest absolute Gasteiger partial charge is 0.269 e. The maximum atomic E-state index is 13.9. The molecule has 0 saturated carbocycles. The largest absolute Gasteiger partial charge is 0.379 e. The second-order valence-corrected chi connectivity index (χ2v) is 9.77. The third kappa shape index (κ3) is 6.90. The van der Waals surface area contributed by atoms with Crippen molar-refractivity contribution < 1.29 is 18.8 Å². The molecule has 188 valence electrons. The molecule has 1 aliphatic rings. The fourth-order valence-corrected chi connectivity index (χ4v) is 4.90. The minimum atomic E-state index is -0.486. The van der Waals surface area contributed by atoms with Gasteiger partial charge in [0.15, 0.2) is 0 Å². The maximum absolute atomic E-state index is 13.9. The van der Waals surface area contributed by atoms with Gasteiger partial charge in [0.1, 0.15) is 5.82 Å². The van der Waals surface area contributed by atoms with Crippen LogP contribution in [-0.4, -0.2) is 60.0 Å². The van der Waals surface area contributed by atoms with E-state index in [4.69, 9.17) is 4.74 Å². The lowest BCUT2D eigenvalue weighted by Gasteiger charge is -2.30. The number of carbonyl (C=O) groups excluding carboxylic acids is 1. The van der Waals surface area contributed by atoms with E-state index in [1.165, 1.54) is 42.1 Å². The van der Waals surface area contributed by atoms with Gasteiger partial charge >= 0.3 is 0 Å². The van der Waals surface area contributed by atoms with Crippen LogP contribution in [0, 0.1) is 22.9 Å². The van der Waals surface area contributed by atoms with Crippen molar-refractivity contribution in [3.8, 4) is 0 Å². The molecule has 1 fully saturated rings. The Hall–Kier alpha value is -3.27. The van der Waals surface area contributed by atoms with Crippen molar-refractivity contribution in [3.05, 3.63) is 99.4 Å². The van der Waals surface area contributed by atoms with Crippen LogP contribution >= 0.6 is 11.8 Å². The Labute approximate surface area is 214 Å². The number of non-ortho nitro benzene ring substituents is 1. The standard InChI is InChI=1S/C27H28FN3O4S/c1-20-5-8-25(9-6-20)36-26-10-7-24(31(33)34)18-22(26)19-30(12-11-29-13-15-35-16-14-29)27(32)21-3-2-4-23(28)17-21/h2-10,17-18H,11-16,19H2,1H3. The van der Waals surface area contributed by atoms with Crippen molar-refractivity contribution in [2.75, 3.05) is 39.4 Å². The monoisotopic (exact) mass is 509 g/mol. The average Bonchev–Trinajstić information content (AvgIpc) is 2.88. The number of nitro benzene ring substituents is 1. The second kappa shape index (κ2) is 12.1. The summed E-state index contributed by atoms with van der Waals surface area (Å²) < 4.78 is 19.3. The first-order chi connectivity index (χ1) is 17.4. The lowest BCUT2D eigenvalue weighted by Crippen LogP contribution is -2.43. The minimum Gasteiger partial charge on any atom is -0.379 e. The number of carbonyl (C=O) groups is 1. The Bertz CT molecular complexity index is 1220. The molecule has 36 heavy (non-hydrogen) atoms. The van der Waals surface area contributed by atoms with Crippen LogP contribution in [0.4, 0.5) is 10.1 Å². The highest BCUT2D eigenvalue weighted by Gasteiger charge is 2.22. The van der Waals surface area contributed by atoms with E-state index >= 15 is 0 Å². The van der Waals surface area contributed by atoms with Crippen molar-refractivity contribution in [1.82, 2.24) is 9.80 Å². The summed E-state index contributed by atoms with van der Waals surface area (Å²) in [6, 6.07) is 18.4. The molecule has 4 rings (SSSR count). The van der Waals surface area contributed by atoms with E-state index in [9.17, 15) is 19.3 Å². The molecule has 0 aromatic heterocycles. The van der Waals surface area contributed by atoms with Gasteiger partial charge in [-0.2, -0.15) is 0 Å². The number of aryl methyl sites for hydroxylation is 1. The zero-order chi connectivity index (χ0) is 25.5. The van der Waals surface area contributed by atoms with E-state index in [2.05, 4.69) is 4.90 Å². The van der Waals surface area contributed by atoms with Gasteiger partial charge in [-0.25, -0.2) is 4.39 Å². The summed E-state index contributed by atoms with van der Waals surface area (Å²) in [5.74, 6) is -0.805. The Morgan fingerprint density at radius 1 is 1.11 bits per heavy atom. The second-order valence-electron chi connectivity index (χ2n) is 8.66. The summed E-state index contributed by atoms with van der Waals surface area (Å²) >= 11 is 1.49. The molecule has 1 amide bonds. The van der Waals surface area contributed by atoms with Crippen LogP contribution in [0.5, 0.6) is 0 Å². The fraction of sp³-hybridized carbons (Fsp3) is 0.296. The summed E-state index contributed by atoms with van der Waals surface area (Å²) in [6.45, 7) is 6.01. The van der Waals surface area contributed by atoms with E-state index in [0.29, 0.717) is 31.9 Å². The number of halogens is 1. The Kier molecular flexibility index (Phi) is 8.69. The normalized spacial score (nSPS) is 13.9. The van der Waals surface area contributed by atoms with Crippen LogP contribution in [0.2, 0.25) is 0 Å². The summed E-state index contributed by atoms with van der Waals surface area (Å²) in [5.41, 5.74) is 2.01. The van der Waals surface area contributed by atoms with Gasteiger partial charge in [0, 0.05) is 60.2 Å². The van der Waals surface area contributed by atoms with Gasteiger partial charge in [-0.05, 0) is 48.9 Å². The predicted molar refractivity (Wildman–Crippen MR) is 137 cm³/mol. The number of nitro groups is 1. The van der Waals surface area contributed by atoms with Crippen molar-refractivity contribution in [3.63, 3.8) is 0 Å². The first-order valence-corrected chi connectivity index (χ1v) is 12.6. The number of ether oxygens (including phenoxy) is 1. The highest BCUT2D eigenvalue weighted by molar-refractivity contribution is 7.99. The molecule has 0 aliphatic carbocycles. The van der Waals surface area contributed by atoms with Crippen LogP contribution in [0.25, 0.3) is 0 Å². The lowest BCUT2D eigenvalue weighted by molar-refractivity contribution is -0.385. The molecule has 7 nitrogen and oxygen atoms in total. The number of benzene rings is 3. The van der Waals surface area contributed by atoms with Gasteiger partial charge in [0.25, 0.3) is 11.6 Å². The molecule has 0 radical (unpaired) electrons. The highest BCUT2D eigenvalue weighted by atomic mass is 32.2. The molecular formula is C27H28FN3O4S. The number of morpholine rings is 1. The zero-order valence-corrected chi connectivity index (χ0v) is 20.9. The molecule has 0 atom stereocenters. The number of hydrogen-bond donors (Lipinski definition) is 0. The molecule has 3 aromatic rings. The molecule has 0 spiro atoms. The fourth-order valence-electron chi connectivity index (χ4n) is 3.98. The number of hydrogen-bond acceptors (Lipinski definition) is 6. The molecule has 1 heterocycles. The molecule has 0 N–H and O–H groups in total. The Balaban J connectivity index is 1.63. The van der Waals surface area contributed by atoms with E-state index in [0.717, 1.165) is 28.4 Å². The first-order valence-electron chi connectivity index (χ1n) is 11.8. The van der Waals surface area contributed by atoms with E-state index in [1.807, 2.05) is 31.2 Å². The third-order valence-electron chi connectivity index (χ3n) is 6.01. The summed E-state index contributed by atoms with van der Waals surface area (Å²) in [6.07, 6.45) is 0. The van der Waals surface area contributed by atoms with Gasteiger partial charge in [0.2, 0.25) is 0 Å². The quantitative estimate of drug-likeness (QED) is 0.293. The molecule has 9 heteroatoms. The Morgan fingerprint density at radius 3 is 2.56 bits per heavy atom. The van der Waals surface area contributed by atoms with Crippen LogP contribution in [0.15, 0.2) is 76.5 Å². The van der Waals surface area contributed by atoms with Crippen molar-refractivity contribution >= 4 is 23.4 Å². The van der Waals surface area contributed by atoms with Gasteiger partial charge in [-0.1, -0.05) is 35.5 Å². The molecule has 0 bridgehead atoms. The summed E-state index contributed by atoms with van der Waals surface area (Å²) in [5, 5.41) is 11.5. The van der Waals surface area contributed by atoms with Crippen LogP contribution < -0.4 is 0 Å². The SMILES string of the molecule is Cc1ccc(Sc2ccc([N+](=O)[O-])cc2CN(CCN2CCOCC2)C(=O)c2cccc(F)c2)cc1. The number of nitrogens with zero attached hydrogens (tertiary/aromatic N) is 3. The van der Waals surface area contributed by atoms with Crippen molar-refractivity contribution in [1.29, 1.82) is 0 Å². The highest BCUT2D eigenvalue weighted by Crippen LogP contribution is 2.33. The first kappa shape index (κ1) is 25.8. The van der Waals surface area contributed by atoms with E-state index in [1.54, 1.807) is 17.0 Å². The van der Waals surface area contributed by atoms with Crippen LogP contribution in [0.3, 0.4) is 0 Å². The number of rotatable bonds is 9. The van der Waals surface area contributed by atoms with Gasteiger partial charge in [0.05, 0.1) is 18.1 Å². The molecule has 0 unspecified atom stereocenters. The topological polar surface area (TPSA) is 75.9 Å². The zero-order valence-electron chi connectivity index (χ0n) is 20.1. The minimum absolute atomic E-state index is 0.0374. The van der Waals surface area contributed by atoms with E-state index in [-0.39, 0.29) is 23.7 Å². The molecular weight excluding hydrogens is 481 g/mol. The third-order valence-corrected chi connectivity index (χ3v) is 7.14. The molecule has 1 saturated heterocycles. The predicted octanol–water partition coefficient (Wildman–Crippen LogP) is 5.17.